The van der Waals surface area contributed by atoms with Crippen LogP contribution in [0, 0.1) is 11.3 Å². The molecule has 0 radical (unpaired) electrons. The molecule has 216 valence electrons. The second-order valence-electron chi connectivity index (χ2n) is 12.3. The van der Waals surface area contributed by atoms with E-state index in [1.807, 2.05) is 0 Å². The molecule has 0 saturated carbocycles. The van der Waals surface area contributed by atoms with Crippen LogP contribution >= 0.6 is 0 Å². The fourth-order valence-corrected chi connectivity index (χ4v) is 4.95. The van der Waals surface area contributed by atoms with Crippen LogP contribution in [0.5, 0.6) is 0 Å². The Labute approximate surface area is 227 Å². The van der Waals surface area contributed by atoms with Crippen LogP contribution in [0.2, 0.25) is 0 Å². The summed E-state index contributed by atoms with van der Waals surface area (Å²) in [5, 5.41) is 11.5. The largest absolute Gasteiger partial charge is 0.550 e. The van der Waals surface area contributed by atoms with Crippen LogP contribution in [0.3, 0.4) is 0 Å². The van der Waals surface area contributed by atoms with E-state index in [2.05, 4.69) is 39.8 Å². The van der Waals surface area contributed by atoms with Gasteiger partial charge in [0.05, 0.1) is 0 Å². The zero-order valence-corrected chi connectivity index (χ0v) is 25.5. The number of unbranched alkanes of at least 4 members (excludes halogenated alkanes) is 18. The molecule has 0 aliphatic rings. The highest BCUT2D eigenvalue weighted by atomic mass is 16.4. The molecule has 0 aromatic carbocycles. The molecule has 1 unspecified atom stereocenters. The fraction of sp³-hybridized carbons (Fsp3) is 0.909. The molecule has 0 heterocycles. The first-order valence-electron chi connectivity index (χ1n) is 15.7. The maximum atomic E-state index is 11.5. The van der Waals surface area contributed by atoms with Gasteiger partial charge in [-0.15, -0.1) is 0 Å². The Morgan fingerprint density at radius 1 is 0.611 bits per heavy atom. The van der Waals surface area contributed by atoms with Gasteiger partial charge in [0, 0.05) is 5.97 Å². The van der Waals surface area contributed by atoms with Crippen molar-refractivity contribution in [1.82, 2.24) is 6.15 Å². The van der Waals surface area contributed by atoms with E-state index in [1.54, 1.807) is 0 Å². The van der Waals surface area contributed by atoms with Crippen molar-refractivity contribution in [3.63, 3.8) is 0 Å². The average Bonchev–Trinajstić information content (AvgIpc) is 2.80. The Hall–Kier alpha value is -0.830. The topological polar surface area (TPSA) is 76.6 Å². The molecule has 0 bridgehead atoms. The van der Waals surface area contributed by atoms with Gasteiger partial charge in [0.25, 0.3) is 0 Å². The highest BCUT2D eigenvalue weighted by molar-refractivity contribution is 5.67. The van der Waals surface area contributed by atoms with Crippen LogP contribution in [-0.4, -0.2) is 5.97 Å². The molecule has 0 saturated heterocycles. The average molecular weight is 510 g/mol. The quantitative estimate of drug-likeness (QED) is 0.0929. The van der Waals surface area contributed by atoms with Gasteiger partial charge in [-0.3, -0.25) is 0 Å². The lowest BCUT2D eigenvalue weighted by molar-refractivity contribution is -0.312. The number of carboxylic acids is 1. The molecule has 0 aliphatic heterocycles. The van der Waals surface area contributed by atoms with Crippen molar-refractivity contribution in [3.8, 4) is 0 Å². The van der Waals surface area contributed by atoms with Gasteiger partial charge >= 0.3 is 0 Å². The molecule has 3 nitrogen and oxygen atoms in total. The molecule has 0 aromatic rings. The third kappa shape index (κ3) is 29.4. The molecule has 0 amide bonds. The van der Waals surface area contributed by atoms with E-state index in [4.69, 9.17) is 0 Å². The molecule has 0 rings (SSSR count). The van der Waals surface area contributed by atoms with Gasteiger partial charge in [-0.1, -0.05) is 149 Å². The van der Waals surface area contributed by atoms with Crippen LogP contribution in [-0.2, 0) is 4.79 Å². The summed E-state index contributed by atoms with van der Waals surface area (Å²) >= 11 is 0. The SMILES string of the molecule is CCCCCCCC/C=C\CCCCCCCCC(CCCCCCCCCC(C)(C)C)C(=O)[O-].[NH4+]. The summed E-state index contributed by atoms with van der Waals surface area (Å²) in [6.45, 7) is 9.23. The zero-order chi connectivity index (χ0) is 26.0. The van der Waals surface area contributed by atoms with Crippen LogP contribution < -0.4 is 11.3 Å². The van der Waals surface area contributed by atoms with Gasteiger partial charge in [0.2, 0.25) is 0 Å². The molecule has 4 N–H and O–H groups in total. The predicted molar refractivity (Wildman–Crippen MR) is 160 cm³/mol. The number of hydrogen-bond acceptors (Lipinski definition) is 2. The number of carbonyl (C=O) groups excluding carboxylic acids is 1. The first kappa shape index (κ1) is 37.3. The van der Waals surface area contributed by atoms with E-state index < -0.39 is 5.97 Å². The number of allylic oxidation sites excluding steroid dienone is 2. The lowest BCUT2D eigenvalue weighted by Crippen LogP contribution is -2.31. The molecule has 0 aromatic heterocycles. The Morgan fingerprint density at radius 3 is 1.36 bits per heavy atom. The summed E-state index contributed by atoms with van der Waals surface area (Å²) in [5.74, 6) is -1.04. The molecule has 1 atom stereocenters. The fourth-order valence-electron chi connectivity index (χ4n) is 4.95. The summed E-state index contributed by atoms with van der Waals surface area (Å²) in [7, 11) is 0. The van der Waals surface area contributed by atoms with Crippen molar-refractivity contribution in [2.45, 2.75) is 182 Å². The van der Waals surface area contributed by atoms with Crippen molar-refractivity contribution >= 4 is 5.97 Å². The van der Waals surface area contributed by atoms with Crippen molar-refractivity contribution in [2.24, 2.45) is 11.3 Å². The van der Waals surface area contributed by atoms with Crippen molar-refractivity contribution in [2.75, 3.05) is 0 Å². The van der Waals surface area contributed by atoms with Crippen molar-refractivity contribution in [3.05, 3.63) is 12.2 Å². The smallest absolute Gasteiger partial charge is 0.0445 e. The minimum absolute atomic E-state index is 0. The van der Waals surface area contributed by atoms with Crippen LogP contribution in [0.4, 0.5) is 0 Å². The van der Waals surface area contributed by atoms with E-state index in [9.17, 15) is 9.90 Å². The first-order valence-corrected chi connectivity index (χ1v) is 15.7. The third-order valence-electron chi connectivity index (χ3n) is 7.38. The minimum atomic E-state index is -0.820. The van der Waals surface area contributed by atoms with Gasteiger partial charge in [-0.25, -0.2) is 0 Å². The zero-order valence-electron chi connectivity index (χ0n) is 25.5. The van der Waals surface area contributed by atoms with E-state index >= 15 is 0 Å². The summed E-state index contributed by atoms with van der Waals surface area (Å²) in [5.41, 5.74) is 0.462. The number of hydrogen-bond donors (Lipinski definition) is 1. The molecule has 36 heavy (non-hydrogen) atoms. The summed E-state index contributed by atoms with van der Waals surface area (Å²) < 4.78 is 0. The second-order valence-corrected chi connectivity index (χ2v) is 12.3. The Morgan fingerprint density at radius 2 is 0.972 bits per heavy atom. The first-order chi connectivity index (χ1) is 16.9. The second kappa shape index (κ2) is 27.2. The maximum Gasteiger partial charge on any atom is 0.0445 e. The predicted octanol–water partition coefficient (Wildman–Crippen LogP) is 10.7. The summed E-state index contributed by atoms with van der Waals surface area (Å²) in [6, 6.07) is 0. The van der Waals surface area contributed by atoms with E-state index in [1.165, 1.54) is 128 Å². The van der Waals surface area contributed by atoms with Gasteiger partial charge in [-0.2, -0.15) is 0 Å². The summed E-state index contributed by atoms with van der Waals surface area (Å²) in [4.78, 5) is 11.5. The Balaban J connectivity index is 0. The Bertz CT molecular complexity index is 481. The number of quaternary nitrogens is 1. The van der Waals surface area contributed by atoms with Crippen molar-refractivity contribution in [1.29, 1.82) is 0 Å². The highest BCUT2D eigenvalue weighted by Gasteiger charge is 2.10. The van der Waals surface area contributed by atoms with Gasteiger partial charge in [-0.05, 0) is 56.3 Å². The monoisotopic (exact) mass is 510 g/mol. The lowest BCUT2D eigenvalue weighted by atomic mass is 9.89. The molecular formula is C33H67NO2. The van der Waals surface area contributed by atoms with E-state index in [-0.39, 0.29) is 12.1 Å². The molecular weight excluding hydrogens is 442 g/mol. The normalized spacial score (nSPS) is 12.7. The number of rotatable bonds is 26. The molecule has 3 heteroatoms. The van der Waals surface area contributed by atoms with Crippen LogP contribution in [0.25, 0.3) is 0 Å². The molecule has 0 fully saturated rings. The lowest BCUT2D eigenvalue weighted by Gasteiger charge is -2.18. The van der Waals surface area contributed by atoms with Crippen molar-refractivity contribution < 1.29 is 9.90 Å². The molecule has 0 spiro atoms. The maximum absolute atomic E-state index is 11.5. The third-order valence-corrected chi connectivity index (χ3v) is 7.38. The number of carboxylic acid groups (broad SMARTS) is 1. The Kier molecular flexibility index (Phi) is 28.2. The van der Waals surface area contributed by atoms with Gasteiger partial charge in [0.15, 0.2) is 0 Å². The van der Waals surface area contributed by atoms with Crippen LogP contribution in [0.15, 0.2) is 12.2 Å². The summed E-state index contributed by atoms with van der Waals surface area (Å²) in [6.07, 6.45) is 34.6. The number of aliphatic carboxylic acids is 1. The molecule has 0 aliphatic carbocycles. The standard InChI is InChI=1S/C33H64O2.H3N/c1-5-6-7-8-9-10-11-12-13-14-15-16-17-19-22-25-28-31(32(34)35)29-26-23-20-18-21-24-27-30-33(2,3)4;/h12-13,31H,5-11,14-30H2,1-4H3,(H,34,35);1H3/b13-12-;. The van der Waals surface area contributed by atoms with Gasteiger partial charge in [0.1, 0.15) is 0 Å². The van der Waals surface area contributed by atoms with E-state index in [0.29, 0.717) is 5.41 Å². The van der Waals surface area contributed by atoms with Gasteiger partial charge < -0.3 is 16.1 Å². The minimum Gasteiger partial charge on any atom is -0.550 e. The highest BCUT2D eigenvalue weighted by Crippen LogP contribution is 2.23. The van der Waals surface area contributed by atoms with E-state index in [0.717, 1.165) is 25.7 Å². The van der Waals surface area contributed by atoms with Crippen LogP contribution in [0.1, 0.15) is 182 Å². The number of carbonyl (C=O) groups is 1.